The summed E-state index contributed by atoms with van der Waals surface area (Å²) in [5.41, 5.74) is 0.687. The molecular weight excluding hydrogens is 743 g/mol. The third-order valence-corrected chi connectivity index (χ3v) is 9.94. The van der Waals surface area contributed by atoms with E-state index in [1.54, 1.807) is 30.5 Å². The molecule has 0 amide bonds. The van der Waals surface area contributed by atoms with Crippen LogP contribution in [0.1, 0.15) is 46.9 Å². The van der Waals surface area contributed by atoms with Crippen molar-refractivity contribution in [2.75, 3.05) is 20.2 Å². The van der Waals surface area contributed by atoms with E-state index < -0.39 is 60.7 Å². The van der Waals surface area contributed by atoms with Gasteiger partial charge in [-0.2, -0.15) is 57.1 Å². The Labute approximate surface area is 293 Å². The van der Waals surface area contributed by atoms with Gasteiger partial charge in [0.15, 0.2) is 0 Å². The fourth-order valence-electron chi connectivity index (χ4n) is 6.81. The summed E-state index contributed by atoms with van der Waals surface area (Å²) in [5, 5.41) is 0.631. The van der Waals surface area contributed by atoms with Gasteiger partial charge in [0, 0.05) is 30.1 Å². The molecule has 53 heavy (non-hydrogen) atoms. The van der Waals surface area contributed by atoms with Crippen LogP contribution < -0.4 is 4.74 Å². The van der Waals surface area contributed by atoms with Crippen molar-refractivity contribution in [2.24, 2.45) is 11.8 Å². The summed E-state index contributed by atoms with van der Waals surface area (Å²) in [6.07, 6.45) is -7.05. The number of halogens is 13. The van der Waals surface area contributed by atoms with Crippen LogP contribution in [0.4, 0.5) is 57.1 Å². The molecule has 0 spiro atoms. The van der Waals surface area contributed by atoms with Gasteiger partial charge in [0.05, 0.1) is 24.2 Å². The first-order chi connectivity index (χ1) is 24.5. The Kier molecular flexibility index (Phi) is 10.6. The summed E-state index contributed by atoms with van der Waals surface area (Å²) in [4.78, 5) is 20.1. The number of carbonyl (C=O) groups is 1. The van der Waals surface area contributed by atoms with Gasteiger partial charge in [-0.3, -0.25) is 9.88 Å². The van der Waals surface area contributed by atoms with Crippen molar-refractivity contribution in [2.45, 2.75) is 73.6 Å². The molecule has 2 aromatic carbocycles. The summed E-state index contributed by atoms with van der Waals surface area (Å²) in [6, 6.07) is 10.5. The zero-order valence-corrected chi connectivity index (χ0v) is 27.6. The van der Waals surface area contributed by atoms with Gasteiger partial charge in [-0.15, -0.1) is 6.58 Å². The summed E-state index contributed by atoms with van der Waals surface area (Å²) in [5.74, 6) is -37.1. The van der Waals surface area contributed by atoms with E-state index in [4.69, 9.17) is 9.47 Å². The zero-order valence-electron chi connectivity index (χ0n) is 27.6. The van der Waals surface area contributed by atoms with Gasteiger partial charge in [-0.05, 0) is 79.6 Å². The van der Waals surface area contributed by atoms with Crippen molar-refractivity contribution in [1.29, 1.82) is 0 Å². The number of benzene rings is 2. The number of hydrogen-bond acceptors (Lipinski definition) is 5. The molecule has 5 nitrogen and oxygen atoms in total. The normalized spacial score (nSPS) is 22.1. The van der Waals surface area contributed by atoms with Crippen molar-refractivity contribution in [3.8, 4) is 5.75 Å². The van der Waals surface area contributed by atoms with Crippen LogP contribution in [0.2, 0.25) is 0 Å². The van der Waals surface area contributed by atoms with Crippen molar-refractivity contribution in [3.63, 3.8) is 0 Å². The van der Waals surface area contributed by atoms with Crippen LogP contribution in [0.15, 0.2) is 67.4 Å². The number of hydrogen-bond donors (Lipinski definition) is 0. The van der Waals surface area contributed by atoms with Crippen molar-refractivity contribution >= 4 is 16.9 Å². The van der Waals surface area contributed by atoms with Crippen LogP contribution in [0.25, 0.3) is 10.9 Å². The first kappa shape index (κ1) is 40.1. The Morgan fingerprint density at radius 1 is 0.906 bits per heavy atom. The van der Waals surface area contributed by atoms with Crippen molar-refractivity contribution in [3.05, 3.63) is 84.1 Å². The van der Waals surface area contributed by atoms with E-state index in [1.807, 2.05) is 6.08 Å². The van der Waals surface area contributed by atoms with E-state index in [-0.39, 0.29) is 29.0 Å². The average molecular weight is 775 g/mol. The van der Waals surface area contributed by atoms with Gasteiger partial charge in [-0.1, -0.05) is 18.2 Å². The number of methoxy groups -OCH3 is 1. The molecule has 3 saturated heterocycles. The molecule has 290 valence electrons. The van der Waals surface area contributed by atoms with Crippen molar-refractivity contribution < 1.29 is 71.3 Å². The van der Waals surface area contributed by atoms with Crippen LogP contribution in [-0.4, -0.2) is 77.9 Å². The Hall–Kier alpha value is -4.09. The number of fused-ring (bicyclic) bond motifs is 4. The minimum Gasteiger partial charge on any atom is -0.497 e. The SMILES string of the molecule is C=C[C@H]1CN2CC[C@H]1C[C@H]2[C@H](OC(=O)c1ccc(CCC(F)(F)C(F)(F)C(F)(F)C(F)(F)C(F)(F)C(F)(F)F)cc1)c1ccnc2ccc(OC)cc12. The molecule has 0 saturated carbocycles. The molecule has 0 N–H and O–H groups in total. The molecule has 1 unspecified atom stereocenters. The van der Waals surface area contributed by atoms with Gasteiger partial charge in [0.2, 0.25) is 0 Å². The largest absolute Gasteiger partial charge is 0.497 e. The Morgan fingerprint density at radius 2 is 1.55 bits per heavy atom. The Balaban J connectivity index is 1.36. The molecular formula is C35H31F13N2O3. The second-order valence-electron chi connectivity index (χ2n) is 13.1. The molecule has 3 aliphatic heterocycles. The molecule has 3 aromatic rings. The molecule has 3 fully saturated rings. The lowest BCUT2D eigenvalue weighted by Gasteiger charge is -2.51. The number of esters is 1. The molecule has 0 radical (unpaired) electrons. The highest BCUT2D eigenvalue weighted by Gasteiger charge is 2.90. The van der Waals surface area contributed by atoms with Crippen LogP contribution in [-0.2, 0) is 11.2 Å². The molecule has 6 rings (SSSR count). The maximum absolute atomic E-state index is 14.4. The highest BCUT2D eigenvalue weighted by atomic mass is 19.4. The summed E-state index contributed by atoms with van der Waals surface area (Å²) >= 11 is 0. The number of piperidine rings is 3. The summed E-state index contributed by atoms with van der Waals surface area (Å²) in [7, 11) is 1.47. The quantitative estimate of drug-likeness (QED) is 0.0984. The topological polar surface area (TPSA) is 51.7 Å². The predicted molar refractivity (Wildman–Crippen MR) is 164 cm³/mol. The van der Waals surface area contributed by atoms with Crippen LogP contribution >= 0.6 is 0 Å². The number of ether oxygens (including phenoxy) is 2. The van der Waals surface area contributed by atoms with Crippen LogP contribution in [0.3, 0.4) is 0 Å². The van der Waals surface area contributed by atoms with Gasteiger partial charge in [0.1, 0.15) is 11.9 Å². The molecule has 0 aliphatic carbocycles. The number of alkyl halides is 13. The zero-order chi connectivity index (χ0) is 39.4. The maximum Gasteiger partial charge on any atom is 0.460 e. The van der Waals surface area contributed by atoms with Gasteiger partial charge in [0.25, 0.3) is 0 Å². The number of rotatable bonds is 13. The van der Waals surface area contributed by atoms with Gasteiger partial charge < -0.3 is 9.47 Å². The Morgan fingerprint density at radius 3 is 2.11 bits per heavy atom. The molecule has 4 heterocycles. The highest BCUT2D eigenvalue weighted by Crippen LogP contribution is 2.60. The molecule has 3 aliphatic rings. The van der Waals surface area contributed by atoms with E-state index in [0.717, 1.165) is 30.7 Å². The third kappa shape index (κ3) is 6.91. The second kappa shape index (κ2) is 14.0. The van der Waals surface area contributed by atoms with Crippen LogP contribution in [0, 0.1) is 11.8 Å². The first-order valence-corrected chi connectivity index (χ1v) is 16.1. The number of nitrogens with zero attached hydrogens (tertiary/aromatic N) is 2. The molecule has 5 atom stereocenters. The average Bonchev–Trinajstić information content (AvgIpc) is 3.12. The summed E-state index contributed by atoms with van der Waals surface area (Å²) in [6.45, 7) is 5.29. The highest BCUT2D eigenvalue weighted by molar-refractivity contribution is 5.90. The number of pyridine rings is 1. The van der Waals surface area contributed by atoms with E-state index in [2.05, 4.69) is 16.5 Å². The Bertz CT molecular complexity index is 1810. The fourth-order valence-corrected chi connectivity index (χ4v) is 6.81. The smallest absolute Gasteiger partial charge is 0.460 e. The first-order valence-electron chi connectivity index (χ1n) is 16.1. The van der Waals surface area contributed by atoms with Gasteiger partial charge >= 0.3 is 41.8 Å². The number of aryl methyl sites for hydroxylation is 1. The monoisotopic (exact) mass is 774 g/mol. The van der Waals surface area contributed by atoms with E-state index in [0.29, 0.717) is 41.7 Å². The summed E-state index contributed by atoms with van der Waals surface area (Å²) < 4.78 is 187. The minimum absolute atomic E-state index is 0.160. The predicted octanol–water partition coefficient (Wildman–Crippen LogP) is 9.71. The van der Waals surface area contributed by atoms with Crippen molar-refractivity contribution in [1.82, 2.24) is 9.88 Å². The minimum atomic E-state index is -7.96. The second-order valence-corrected chi connectivity index (χ2v) is 13.1. The van der Waals surface area contributed by atoms with E-state index in [9.17, 15) is 61.9 Å². The third-order valence-electron chi connectivity index (χ3n) is 9.94. The van der Waals surface area contributed by atoms with E-state index >= 15 is 0 Å². The number of aromatic nitrogens is 1. The molecule has 1 aromatic heterocycles. The fraction of sp³-hybridized carbons (Fsp3) is 0.486. The lowest BCUT2D eigenvalue weighted by molar-refractivity contribution is -0.440. The lowest BCUT2D eigenvalue weighted by atomic mass is 9.73. The molecule has 18 heteroatoms. The maximum atomic E-state index is 14.4. The van der Waals surface area contributed by atoms with Crippen LogP contribution in [0.5, 0.6) is 5.75 Å². The number of carbonyl (C=O) groups excluding carboxylic acids is 1. The van der Waals surface area contributed by atoms with Gasteiger partial charge in [-0.25, -0.2) is 4.79 Å². The van der Waals surface area contributed by atoms with E-state index in [1.165, 1.54) is 7.11 Å². The standard InChI is InChI=1S/C35H31F13N2O3/c1-3-20-18-50-15-12-22(20)16-27(50)28(24-11-14-49-26-9-8-23(52-2)17-25(24)26)53-29(51)21-6-4-19(5-7-21)10-13-30(36,37)31(38,39)32(40,41)33(42,43)34(44,45)35(46,47)48/h3-9,11,14,17,20,22,27-28H,1,10,12-13,15-16,18H2,2H3/t20-,22-,27-,28+/m0/s1. The molecule has 2 bridgehead atoms. The lowest BCUT2D eigenvalue weighted by Crippen LogP contribution is -2.70.